The maximum absolute atomic E-state index is 5.05. The summed E-state index contributed by atoms with van der Waals surface area (Å²) in [5.74, 6) is 0. The zero-order valence-corrected chi connectivity index (χ0v) is 9.90. The molecule has 1 aromatic carbocycles. The number of hydrogen-bond donors (Lipinski definition) is 0. The Hall–Kier alpha value is -1.39. The van der Waals surface area contributed by atoms with Gasteiger partial charge in [0.15, 0.2) is 0 Å². The van der Waals surface area contributed by atoms with Gasteiger partial charge in [-0.25, -0.2) is 0 Å². The number of oxime groups is 1. The molecule has 0 amide bonds. The molecule has 16 heavy (non-hydrogen) atoms. The fraction of sp³-hybridized carbons (Fsp3) is 0.417. The van der Waals surface area contributed by atoms with Crippen molar-refractivity contribution in [3.63, 3.8) is 0 Å². The van der Waals surface area contributed by atoms with Crippen LogP contribution in [0.4, 0.5) is 0 Å². The first kappa shape index (κ1) is 12.7. The molecule has 0 atom stereocenters. The number of nitrogens with zero attached hydrogens (tertiary/aromatic N) is 1. The van der Waals surface area contributed by atoms with Crippen LogP contribution in [0.25, 0.3) is 0 Å². The molecule has 1 rings (SSSR count). The first-order valence-electron chi connectivity index (χ1n) is 4.99. The third-order valence-electron chi connectivity index (χ3n) is 2.08. The maximum atomic E-state index is 5.05. The summed E-state index contributed by atoms with van der Waals surface area (Å²) >= 11 is 0. The summed E-state index contributed by atoms with van der Waals surface area (Å²) in [6.45, 7) is 1.04. The highest BCUT2D eigenvalue weighted by atomic mass is 16.6. The van der Waals surface area contributed by atoms with Crippen LogP contribution in [0.3, 0.4) is 0 Å². The summed E-state index contributed by atoms with van der Waals surface area (Å²) in [6.07, 6.45) is 0. The summed E-state index contributed by atoms with van der Waals surface area (Å²) in [7, 11) is 4.83. The molecule has 0 aliphatic carbocycles. The van der Waals surface area contributed by atoms with Crippen LogP contribution in [0.1, 0.15) is 11.1 Å². The van der Waals surface area contributed by atoms with Crippen LogP contribution in [-0.2, 0) is 20.9 Å². The van der Waals surface area contributed by atoms with Crippen molar-refractivity contribution in [2.45, 2.75) is 6.61 Å². The first-order chi connectivity index (χ1) is 7.81. The van der Waals surface area contributed by atoms with Crippen molar-refractivity contribution in [1.29, 1.82) is 0 Å². The molecule has 0 unspecified atom stereocenters. The second-order valence-corrected chi connectivity index (χ2v) is 3.28. The zero-order chi connectivity index (χ0) is 11.8. The Morgan fingerprint density at radius 3 is 2.25 bits per heavy atom. The Balaban J connectivity index is 2.81. The summed E-state index contributed by atoms with van der Waals surface area (Å²) in [5, 5.41) is 3.92. The molecule has 4 heteroatoms. The van der Waals surface area contributed by atoms with Gasteiger partial charge in [-0.1, -0.05) is 29.4 Å². The Kier molecular flexibility index (Phi) is 5.53. The van der Waals surface area contributed by atoms with Crippen molar-refractivity contribution >= 4 is 5.71 Å². The van der Waals surface area contributed by atoms with Crippen LogP contribution in [0, 0.1) is 0 Å². The minimum absolute atomic E-state index is 0.428. The number of ether oxygens (including phenoxy) is 2. The highest BCUT2D eigenvalue weighted by Gasteiger charge is 2.04. The third-order valence-corrected chi connectivity index (χ3v) is 2.08. The molecule has 0 aliphatic heterocycles. The molecule has 0 fully saturated rings. The van der Waals surface area contributed by atoms with Crippen LogP contribution in [0.2, 0.25) is 0 Å². The molecule has 0 aliphatic rings. The first-order valence-corrected chi connectivity index (χ1v) is 4.99. The van der Waals surface area contributed by atoms with Crippen molar-refractivity contribution in [3.05, 3.63) is 35.4 Å². The molecule has 0 aromatic heterocycles. The van der Waals surface area contributed by atoms with Gasteiger partial charge in [0, 0.05) is 19.8 Å². The lowest BCUT2D eigenvalue weighted by molar-refractivity contribution is 0.185. The van der Waals surface area contributed by atoms with Crippen LogP contribution >= 0.6 is 0 Å². The van der Waals surface area contributed by atoms with E-state index in [1.54, 1.807) is 14.2 Å². The molecule has 1 aromatic rings. The molecule has 0 N–H and O–H groups in total. The smallest absolute Gasteiger partial charge is 0.113 e. The Labute approximate surface area is 95.8 Å². The van der Waals surface area contributed by atoms with Gasteiger partial charge in [-0.15, -0.1) is 0 Å². The predicted molar refractivity (Wildman–Crippen MR) is 62.6 cm³/mol. The Morgan fingerprint density at radius 1 is 1.06 bits per heavy atom. The van der Waals surface area contributed by atoms with Crippen LogP contribution in [0.15, 0.2) is 29.4 Å². The standard InChI is InChI=1S/C12H17NO3/c1-14-8-10-4-6-11(7-5-10)12(9-15-2)13-16-3/h4-7H,8-9H2,1-3H3. The van der Waals surface area contributed by atoms with E-state index in [1.165, 1.54) is 7.11 Å². The van der Waals surface area contributed by atoms with Gasteiger partial charge < -0.3 is 14.3 Å². The third kappa shape index (κ3) is 3.64. The number of methoxy groups -OCH3 is 2. The van der Waals surface area contributed by atoms with Crippen molar-refractivity contribution in [2.75, 3.05) is 27.9 Å². The van der Waals surface area contributed by atoms with Gasteiger partial charge in [0.1, 0.15) is 12.8 Å². The number of benzene rings is 1. The predicted octanol–water partition coefficient (Wildman–Crippen LogP) is 1.83. The fourth-order valence-corrected chi connectivity index (χ4v) is 1.37. The Morgan fingerprint density at radius 2 is 1.75 bits per heavy atom. The van der Waals surface area contributed by atoms with E-state index in [9.17, 15) is 0 Å². The van der Waals surface area contributed by atoms with E-state index >= 15 is 0 Å². The minimum Gasteiger partial charge on any atom is -0.399 e. The molecular weight excluding hydrogens is 206 g/mol. The second-order valence-electron chi connectivity index (χ2n) is 3.28. The molecule has 0 saturated heterocycles. The molecule has 0 bridgehead atoms. The average molecular weight is 223 g/mol. The van der Waals surface area contributed by atoms with Crippen molar-refractivity contribution in [3.8, 4) is 0 Å². The van der Waals surface area contributed by atoms with Crippen molar-refractivity contribution in [1.82, 2.24) is 0 Å². The SMILES string of the molecule is COCC(=NOC)c1ccc(COC)cc1. The highest BCUT2D eigenvalue weighted by molar-refractivity contribution is 6.01. The van der Waals surface area contributed by atoms with E-state index < -0.39 is 0 Å². The summed E-state index contributed by atoms with van der Waals surface area (Å²) in [4.78, 5) is 4.77. The van der Waals surface area contributed by atoms with Crippen molar-refractivity contribution < 1.29 is 14.3 Å². The fourth-order valence-electron chi connectivity index (χ4n) is 1.37. The highest BCUT2D eigenvalue weighted by Crippen LogP contribution is 2.07. The quantitative estimate of drug-likeness (QED) is 0.545. The van der Waals surface area contributed by atoms with E-state index in [1.807, 2.05) is 24.3 Å². The summed E-state index contributed by atoms with van der Waals surface area (Å²) < 4.78 is 10.1. The normalized spacial score (nSPS) is 11.6. The molecule has 0 spiro atoms. The van der Waals surface area contributed by atoms with E-state index in [4.69, 9.17) is 14.3 Å². The van der Waals surface area contributed by atoms with Crippen LogP contribution < -0.4 is 0 Å². The molecule has 0 saturated carbocycles. The van der Waals surface area contributed by atoms with Gasteiger partial charge in [-0.05, 0) is 5.56 Å². The van der Waals surface area contributed by atoms with E-state index in [0.717, 1.165) is 16.8 Å². The monoisotopic (exact) mass is 223 g/mol. The lowest BCUT2D eigenvalue weighted by Gasteiger charge is -2.06. The van der Waals surface area contributed by atoms with Crippen molar-refractivity contribution in [2.24, 2.45) is 5.16 Å². The largest absolute Gasteiger partial charge is 0.399 e. The summed E-state index contributed by atoms with van der Waals surface area (Å²) in [6, 6.07) is 7.95. The maximum Gasteiger partial charge on any atom is 0.113 e. The lowest BCUT2D eigenvalue weighted by Crippen LogP contribution is -2.09. The van der Waals surface area contributed by atoms with E-state index in [2.05, 4.69) is 5.16 Å². The van der Waals surface area contributed by atoms with Crippen LogP contribution in [0.5, 0.6) is 0 Å². The van der Waals surface area contributed by atoms with E-state index in [0.29, 0.717) is 13.2 Å². The topological polar surface area (TPSA) is 40.0 Å². The molecule has 0 radical (unpaired) electrons. The molecular formula is C12H17NO3. The van der Waals surface area contributed by atoms with Gasteiger partial charge >= 0.3 is 0 Å². The van der Waals surface area contributed by atoms with Crippen LogP contribution in [-0.4, -0.2) is 33.6 Å². The number of rotatable bonds is 6. The molecule has 0 heterocycles. The van der Waals surface area contributed by atoms with E-state index in [-0.39, 0.29) is 0 Å². The van der Waals surface area contributed by atoms with Gasteiger partial charge in [0.05, 0.1) is 13.2 Å². The van der Waals surface area contributed by atoms with Gasteiger partial charge in [0.25, 0.3) is 0 Å². The zero-order valence-electron chi connectivity index (χ0n) is 9.90. The summed E-state index contributed by atoms with van der Waals surface area (Å²) in [5.41, 5.74) is 2.89. The van der Waals surface area contributed by atoms with Gasteiger partial charge in [-0.2, -0.15) is 0 Å². The van der Waals surface area contributed by atoms with Gasteiger partial charge in [-0.3, -0.25) is 0 Å². The molecule has 4 nitrogen and oxygen atoms in total. The van der Waals surface area contributed by atoms with Gasteiger partial charge in [0.2, 0.25) is 0 Å². The lowest BCUT2D eigenvalue weighted by atomic mass is 10.1. The minimum atomic E-state index is 0.428. The molecule has 88 valence electrons. The number of hydrogen-bond acceptors (Lipinski definition) is 4. The Bertz CT molecular complexity index is 333. The second kappa shape index (κ2) is 6.98. The average Bonchev–Trinajstić information content (AvgIpc) is 2.30.